The van der Waals surface area contributed by atoms with Gasteiger partial charge in [-0.1, -0.05) is 0 Å². The lowest BCUT2D eigenvalue weighted by Gasteiger charge is -2.24. The molecule has 0 aromatic carbocycles. The van der Waals surface area contributed by atoms with Crippen molar-refractivity contribution in [2.45, 2.75) is 66.0 Å². The first-order valence-electron chi connectivity index (χ1n) is 9.59. The van der Waals surface area contributed by atoms with Crippen LogP contribution in [0.1, 0.15) is 53.5 Å². The van der Waals surface area contributed by atoms with Crippen molar-refractivity contribution in [2.24, 2.45) is 0 Å². The Morgan fingerprint density at radius 3 is 2.45 bits per heavy atom. The Kier molecular flexibility index (Phi) is 7.84. The van der Waals surface area contributed by atoms with E-state index in [1.54, 1.807) is 0 Å². The maximum atomic E-state index is 12.2. The van der Waals surface area contributed by atoms with Gasteiger partial charge in [0.15, 0.2) is 6.29 Å². The first kappa shape index (κ1) is 23.4. The molecule has 0 radical (unpaired) electrons. The number of fused-ring (bicyclic) bond motifs is 1. The maximum Gasteiger partial charge on any atom is 0.407 e. The van der Waals surface area contributed by atoms with Gasteiger partial charge in [-0.2, -0.15) is 0 Å². The SMILES string of the molecule is CCOC(OCC)c1c(Br)c2c(N)ncnc2n1CC(C)NC(=O)OC(C)(C)C. The number of amides is 1. The third kappa shape index (κ3) is 5.80. The number of rotatable bonds is 8. The molecule has 29 heavy (non-hydrogen) atoms. The summed E-state index contributed by atoms with van der Waals surface area (Å²) in [5.74, 6) is 0.348. The topological polar surface area (TPSA) is 114 Å². The fourth-order valence-corrected chi connectivity index (χ4v) is 3.70. The molecular formula is C19H30BrN5O4. The summed E-state index contributed by atoms with van der Waals surface area (Å²) in [6.07, 6.45) is 0.302. The molecule has 9 nitrogen and oxygen atoms in total. The minimum absolute atomic E-state index is 0.258. The van der Waals surface area contributed by atoms with Crippen molar-refractivity contribution in [3.8, 4) is 0 Å². The lowest BCUT2D eigenvalue weighted by molar-refractivity contribution is -0.144. The van der Waals surface area contributed by atoms with E-state index < -0.39 is 18.0 Å². The van der Waals surface area contributed by atoms with E-state index in [2.05, 4.69) is 31.2 Å². The summed E-state index contributed by atoms with van der Waals surface area (Å²) in [4.78, 5) is 20.7. The van der Waals surface area contributed by atoms with Gasteiger partial charge in [-0.3, -0.25) is 0 Å². The number of halogens is 1. The van der Waals surface area contributed by atoms with Crippen LogP contribution in [0.15, 0.2) is 10.8 Å². The van der Waals surface area contributed by atoms with Crippen molar-refractivity contribution in [2.75, 3.05) is 18.9 Å². The maximum absolute atomic E-state index is 12.2. The van der Waals surface area contributed by atoms with E-state index in [9.17, 15) is 4.79 Å². The van der Waals surface area contributed by atoms with E-state index in [1.165, 1.54) is 6.33 Å². The standard InChI is InChI=1S/C19H30BrN5O4/c1-7-27-17(28-8-2)14-13(20)12-15(21)22-10-23-16(12)25(14)9-11(3)24-18(26)29-19(4,5)6/h10-11,17H,7-9H2,1-6H3,(H,24,26)(H2,21,22,23). The van der Waals surface area contributed by atoms with Crippen LogP contribution >= 0.6 is 15.9 Å². The van der Waals surface area contributed by atoms with Crippen LogP contribution in [-0.4, -0.2) is 45.5 Å². The number of nitrogens with two attached hydrogens (primary N) is 1. The largest absolute Gasteiger partial charge is 0.444 e. The summed E-state index contributed by atoms with van der Waals surface area (Å²) >= 11 is 3.62. The highest BCUT2D eigenvalue weighted by Gasteiger charge is 2.28. The Morgan fingerprint density at radius 2 is 1.90 bits per heavy atom. The Labute approximate surface area is 179 Å². The van der Waals surface area contributed by atoms with Crippen LogP contribution in [0.2, 0.25) is 0 Å². The van der Waals surface area contributed by atoms with Gasteiger partial charge in [0.25, 0.3) is 0 Å². The second-order valence-corrected chi connectivity index (χ2v) is 8.35. The van der Waals surface area contributed by atoms with Crippen LogP contribution in [0.25, 0.3) is 11.0 Å². The van der Waals surface area contributed by atoms with E-state index in [-0.39, 0.29) is 6.04 Å². The Bertz CT molecular complexity index is 843. The van der Waals surface area contributed by atoms with Gasteiger partial charge in [0.05, 0.1) is 15.6 Å². The normalized spacial score (nSPS) is 13.1. The van der Waals surface area contributed by atoms with Crippen molar-refractivity contribution in [3.05, 3.63) is 16.5 Å². The fourth-order valence-electron chi connectivity index (χ4n) is 2.92. The number of carbonyl (C=O) groups excluding carboxylic acids is 1. The summed E-state index contributed by atoms with van der Waals surface area (Å²) in [5, 5.41) is 3.53. The number of aromatic nitrogens is 3. The Morgan fingerprint density at radius 1 is 1.28 bits per heavy atom. The highest BCUT2D eigenvalue weighted by atomic mass is 79.9. The van der Waals surface area contributed by atoms with Gasteiger partial charge in [-0.05, 0) is 57.5 Å². The fraction of sp³-hybridized carbons (Fsp3) is 0.632. The van der Waals surface area contributed by atoms with Crippen LogP contribution in [-0.2, 0) is 20.8 Å². The minimum Gasteiger partial charge on any atom is -0.444 e. The number of hydrogen-bond donors (Lipinski definition) is 2. The molecular weight excluding hydrogens is 442 g/mol. The molecule has 0 saturated heterocycles. The molecule has 0 aliphatic carbocycles. The highest BCUT2D eigenvalue weighted by molar-refractivity contribution is 9.10. The molecule has 0 bridgehead atoms. The van der Waals surface area contributed by atoms with Gasteiger partial charge in [0.2, 0.25) is 0 Å². The summed E-state index contributed by atoms with van der Waals surface area (Å²) in [7, 11) is 0. The van der Waals surface area contributed by atoms with Crippen molar-refractivity contribution in [3.63, 3.8) is 0 Å². The molecule has 2 rings (SSSR count). The molecule has 2 aromatic rings. The summed E-state index contributed by atoms with van der Waals surface area (Å²) in [6, 6.07) is -0.258. The van der Waals surface area contributed by atoms with Crippen molar-refractivity contribution >= 4 is 38.9 Å². The molecule has 1 unspecified atom stereocenters. The number of nitrogens with one attached hydrogen (secondary N) is 1. The summed E-state index contributed by atoms with van der Waals surface area (Å²) in [5.41, 5.74) is 6.88. The molecule has 1 atom stereocenters. The zero-order valence-corrected chi connectivity index (χ0v) is 19.4. The molecule has 0 saturated carbocycles. The van der Waals surface area contributed by atoms with Crippen LogP contribution in [0.3, 0.4) is 0 Å². The lowest BCUT2D eigenvalue weighted by Crippen LogP contribution is -2.40. The third-order valence-electron chi connectivity index (χ3n) is 3.93. The number of anilines is 1. The van der Waals surface area contributed by atoms with Crippen molar-refractivity contribution in [1.29, 1.82) is 0 Å². The second kappa shape index (κ2) is 9.73. The summed E-state index contributed by atoms with van der Waals surface area (Å²) in [6.45, 7) is 12.5. The Hall–Kier alpha value is -1.91. The van der Waals surface area contributed by atoms with Gasteiger partial charge in [-0.15, -0.1) is 0 Å². The quantitative estimate of drug-likeness (QED) is 0.563. The molecule has 3 N–H and O–H groups in total. The van der Waals surface area contributed by atoms with Crippen molar-refractivity contribution < 1.29 is 19.0 Å². The monoisotopic (exact) mass is 471 g/mol. The number of hydrogen-bond acceptors (Lipinski definition) is 7. The molecule has 0 aliphatic heterocycles. The average molecular weight is 472 g/mol. The number of carbonyl (C=O) groups is 1. The predicted octanol–water partition coefficient (Wildman–Crippen LogP) is 3.76. The first-order chi connectivity index (χ1) is 13.6. The molecule has 0 aliphatic rings. The van der Waals surface area contributed by atoms with Crippen molar-refractivity contribution in [1.82, 2.24) is 19.9 Å². The summed E-state index contributed by atoms with van der Waals surface area (Å²) < 4.78 is 19.6. The zero-order chi connectivity index (χ0) is 21.8. The van der Waals surface area contributed by atoms with E-state index in [0.29, 0.717) is 41.1 Å². The van der Waals surface area contributed by atoms with Crippen LogP contribution in [0.4, 0.5) is 10.6 Å². The average Bonchev–Trinajstić information content (AvgIpc) is 2.86. The molecule has 2 aromatic heterocycles. The van der Waals surface area contributed by atoms with Gasteiger partial charge in [0, 0.05) is 25.8 Å². The van der Waals surface area contributed by atoms with E-state index in [4.69, 9.17) is 19.9 Å². The van der Waals surface area contributed by atoms with Gasteiger partial charge in [0.1, 0.15) is 23.4 Å². The molecule has 2 heterocycles. The van der Waals surface area contributed by atoms with Gasteiger partial charge >= 0.3 is 6.09 Å². The minimum atomic E-state index is -0.623. The van der Waals surface area contributed by atoms with Crippen LogP contribution < -0.4 is 11.1 Å². The Balaban J connectivity index is 2.43. The molecule has 10 heteroatoms. The van der Waals surface area contributed by atoms with Crippen LogP contribution in [0.5, 0.6) is 0 Å². The lowest BCUT2D eigenvalue weighted by atomic mass is 10.2. The molecule has 0 spiro atoms. The van der Waals surface area contributed by atoms with E-state index in [1.807, 2.05) is 46.1 Å². The van der Waals surface area contributed by atoms with Gasteiger partial charge in [-0.25, -0.2) is 14.8 Å². The molecule has 0 fully saturated rings. The zero-order valence-electron chi connectivity index (χ0n) is 17.8. The number of nitrogens with zero attached hydrogens (tertiary/aromatic N) is 3. The number of nitrogen functional groups attached to an aromatic ring is 1. The molecule has 162 valence electrons. The van der Waals surface area contributed by atoms with E-state index in [0.717, 1.165) is 5.69 Å². The predicted molar refractivity (Wildman–Crippen MR) is 114 cm³/mol. The molecule has 1 amide bonds. The smallest absolute Gasteiger partial charge is 0.407 e. The van der Waals surface area contributed by atoms with E-state index >= 15 is 0 Å². The second-order valence-electron chi connectivity index (χ2n) is 7.56. The van der Waals surface area contributed by atoms with Crippen LogP contribution in [0, 0.1) is 0 Å². The van der Waals surface area contributed by atoms with Gasteiger partial charge < -0.3 is 29.8 Å². The number of alkyl carbamates (subject to hydrolysis) is 1. The highest BCUT2D eigenvalue weighted by Crippen LogP contribution is 2.38. The first-order valence-corrected chi connectivity index (χ1v) is 10.4. The number of ether oxygens (including phenoxy) is 3. The third-order valence-corrected chi connectivity index (χ3v) is 4.73.